The molecule has 18 heavy (non-hydrogen) atoms. The van der Waals surface area contributed by atoms with Crippen molar-refractivity contribution in [2.75, 3.05) is 0 Å². The van der Waals surface area contributed by atoms with Crippen molar-refractivity contribution in [1.82, 2.24) is 0 Å². The molecule has 0 atom stereocenters. The Morgan fingerprint density at radius 1 is 0.667 bits per heavy atom. The van der Waals surface area contributed by atoms with Gasteiger partial charge in [-0.05, 0) is 19.4 Å². The van der Waals surface area contributed by atoms with Crippen molar-refractivity contribution in [3.63, 3.8) is 0 Å². The standard InChI is InChI=1S/C14H22O4/c1-12-17-13(15)10-8-6-4-2-3-5-7-9-11-14(16)18-12/h1-11H2. The summed E-state index contributed by atoms with van der Waals surface area (Å²) in [5.74, 6) is -0.940. The highest BCUT2D eigenvalue weighted by Crippen LogP contribution is 2.13. The Kier molecular flexibility index (Phi) is 7.14. The zero-order chi connectivity index (χ0) is 13.2. The van der Waals surface area contributed by atoms with Crippen molar-refractivity contribution >= 4 is 11.9 Å². The summed E-state index contributed by atoms with van der Waals surface area (Å²) in [7, 11) is 0. The van der Waals surface area contributed by atoms with Crippen LogP contribution < -0.4 is 0 Å². The maximum absolute atomic E-state index is 11.4. The molecule has 0 spiro atoms. The summed E-state index contributed by atoms with van der Waals surface area (Å²) in [6.07, 6.45) is 9.15. The Bertz CT molecular complexity index is 268. The molecule has 0 aromatic rings. The lowest BCUT2D eigenvalue weighted by Crippen LogP contribution is -2.10. The zero-order valence-corrected chi connectivity index (χ0v) is 10.9. The second-order valence-electron chi connectivity index (χ2n) is 4.65. The normalized spacial score (nSPS) is 21.4. The molecule has 0 radical (unpaired) electrons. The number of carbonyl (C=O) groups is 2. The first-order valence-electron chi connectivity index (χ1n) is 6.79. The molecular formula is C14H22O4. The first-order valence-corrected chi connectivity index (χ1v) is 6.79. The summed E-state index contributed by atoms with van der Waals surface area (Å²) >= 11 is 0. The smallest absolute Gasteiger partial charge is 0.313 e. The van der Waals surface area contributed by atoms with E-state index in [9.17, 15) is 9.59 Å². The minimum absolute atomic E-state index is 0.195. The summed E-state index contributed by atoms with van der Waals surface area (Å²) in [6.45, 7) is 3.42. The molecule has 4 nitrogen and oxygen atoms in total. The Labute approximate surface area is 108 Å². The summed E-state index contributed by atoms with van der Waals surface area (Å²) in [6, 6.07) is 0. The quantitative estimate of drug-likeness (QED) is 0.621. The number of hydrogen-bond acceptors (Lipinski definition) is 4. The van der Waals surface area contributed by atoms with Crippen LogP contribution in [0, 0.1) is 0 Å². The fraction of sp³-hybridized carbons (Fsp3) is 0.714. The monoisotopic (exact) mass is 254 g/mol. The minimum atomic E-state index is -0.373. The van der Waals surface area contributed by atoms with Crippen LogP contribution in [0.4, 0.5) is 0 Å². The molecule has 1 rings (SSSR count). The third kappa shape index (κ3) is 7.09. The van der Waals surface area contributed by atoms with Crippen molar-refractivity contribution in [2.24, 2.45) is 0 Å². The van der Waals surface area contributed by atoms with Gasteiger partial charge in [-0.2, -0.15) is 0 Å². The highest BCUT2D eigenvalue weighted by atomic mass is 16.7. The molecule has 0 bridgehead atoms. The summed E-state index contributed by atoms with van der Waals surface area (Å²) < 4.78 is 9.64. The molecule has 1 aliphatic heterocycles. The van der Waals surface area contributed by atoms with Gasteiger partial charge in [0.05, 0.1) is 0 Å². The number of esters is 2. The first kappa shape index (κ1) is 14.7. The van der Waals surface area contributed by atoms with Crippen LogP contribution in [0.3, 0.4) is 0 Å². The fourth-order valence-electron chi connectivity index (χ4n) is 1.98. The molecule has 4 heteroatoms. The Hall–Kier alpha value is -1.32. The molecule has 0 amide bonds. The van der Waals surface area contributed by atoms with Crippen LogP contribution >= 0.6 is 0 Å². The van der Waals surface area contributed by atoms with Gasteiger partial charge in [-0.25, -0.2) is 0 Å². The molecule has 0 aromatic carbocycles. The average molecular weight is 254 g/mol. The van der Waals surface area contributed by atoms with Crippen LogP contribution in [-0.2, 0) is 19.1 Å². The zero-order valence-electron chi connectivity index (χ0n) is 10.9. The maximum atomic E-state index is 11.4. The van der Waals surface area contributed by atoms with Gasteiger partial charge in [-0.15, -0.1) is 0 Å². The van der Waals surface area contributed by atoms with E-state index in [4.69, 9.17) is 9.47 Å². The maximum Gasteiger partial charge on any atom is 0.313 e. The van der Waals surface area contributed by atoms with E-state index in [1.165, 1.54) is 12.8 Å². The van der Waals surface area contributed by atoms with Crippen molar-refractivity contribution in [3.05, 3.63) is 12.5 Å². The number of rotatable bonds is 0. The van der Waals surface area contributed by atoms with Gasteiger partial charge in [-0.1, -0.05) is 38.5 Å². The topological polar surface area (TPSA) is 52.6 Å². The molecule has 0 N–H and O–H groups in total. The predicted molar refractivity (Wildman–Crippen MR) is 67.5 cm³/mol. The van der Waals surface area contributed by atoms with Gasteiger partial charge in [0, 0.05) is 12.8 Å². The van der Waals surface area contributed by atoms with E-state index < -0.39 is 0 Å². The Morgan fingerprint density at radius 2 is 1.00 bits per heavy atom. The fourth-order valence-corrected chi connectivity index (χ4v) is 1.98. The van der Waals surface area contributed by atoms with Crippen LogP contribution in [0.5, 0.6) is 0 Å². The van der Waals surface area contributed by atoms with E-state index in [0.717, 1.165) is 38.5 Å². The van der Waals surface area contributed by atoms with Gasteiger partial charge >= 0.3 is 11.9 Å². The van der Waals surface area contributed by atoms with Crippen LogP contribution in [0.2, 0.25) is 0 Å². The van der Waals surface area contributed by atoms with Gasteiger partial charge in [0.2, 0.25) is 0 Å². The van der Waals surface area contributed by atoms with Gasteiger partial charge in [0.25, 0.3) is 5.95 Å². The van der Waals surface area contributed by atoms with Crippen LogP contribution in [-0.4, -0.2) is 11.9 Å². The number of hydrogen-bond donors (Lipinski definition) is 0. The van der Waals surface area contributed by atoms with Crippen LogP contribution in [0.25, 0.3) is 0 Å². The molecule has 0 unspecified atom stereocenters. The largest absolute Gasteiger partial charge is 0.393 e. The van der Waals surface area contributed by atoms with Crippen molar-refractivity contribution in [2.45, 2.75) is 64.2 Å². The van der Waals surface area contributed by atoms with Gasteiger partial charge in [0.1, 0.15) is 0 Å². The predicted octanol–water partition coefficient (Wildman–Crippen LogP) is 3.46. The molecule has 0 saturated carbocycles. The molecule has 0 aliphatic carbocycles. The van der Waals surface area contributed by atoms with E-state index in [1.807, 2.05) is 0 Å². The van der Waals surface area contributed by atoms with E-state index in [1.54, 1.807) is 0 Å². The van der Waals surface area contributed by atoms with E-state index in [2.05, 4.69) is 6.58 Å². The SMILES string of the molecule is C=C1OC(=O)CCCCCCCCCCC(=O)O1. The number of cyclic esters (lactones) is 2. The molecule has 1 fully saturated rings. The van der Waals surface area contributed by atoms with Gasteiger partial charge in [-0.3, -0.25) is 9.59 Å². The lowest BCUT2D eigenvalue weighted by Gasteiger charge is -2.07. The van der Waals surface area contributed by atoms with Crippen LogP contribution in [0.1, 0.15) is 64.2 Å². The van der Waals surface area contributed by atoms with Crippen molar-refractivity contribution < 1.29 is 19.1 Å². The summed E-state index contributed by atoms with van der Waals surface area (Å²) in [5.41, 5.74) is 0. The van der Waals surface area contributed by atoms with Crippen molar-refractivity contribution in [1.29, 1.82) is 0 Å². The number of carbonyl (C=O) groups excluding carboxylic acids is 2. The third-order valence-corrected chi connectivity index (χ3v) is 2.97. The lowest BCUT2D eigenvalue weighted by molar-refractivity contribution is -0.153. The summed E-state index contributed by atoms with van der Waals surface area (Å²) in [5, 5.41) is 0. The first-order chi connectivity index (χ1) is 8.68. The summed E-state index contributed by atoms with van der Waals surface area (Å²) in [4.78, 5) is 22.7. The van der Waals surface area contributed by atoms with Gasteiger partial charge < -0.3 is 9.47 Å². The van der Waals surface area contributed by atoms with Gasteiger partial charge in [0.15, 0.2) is 0 Å². The molecule has 1 aliphatic rings. The molecule has 1 saturated heterocycles. The minimum Gasteiger partial charge on any atom is -0.393 e. The average Bonchev–Trinajstić information content (AvgIpc) is 2.30. The lowest BCUT2D eigenvalue weighted by atomic mass is 10.1. The van der Waals surface area contributed by atoms with E-state index >= 15 is 0 Å². The van der Waals surface area contributed by atoms with E-state index in [0.29, 0.717) is 12.8 Å². The number of ether oxygens (including phenoxy) is 2. The second kappa shape index (κ2) is 8.72. The Morgan fingerprint density at radius 3 is 1.39 bits per heavy atom. The molecular weight excluding hydrogens is 232 g/mol. The Balaban J connectivity index is 2.38. The third-order valence-electron chi connectivity index (χ3n) is 2.97. The molecule has 0 aromatic heterocycles. The van der Waals surface area contributed by atoms with Crippen molar-refractivity contribution in [3.8, 4) is 0 Å². The second-order valence-corrected chi connectivity index (χ2v) is 4.65. The molecule has 102 valence electrons. The highest BCUT2D eigenvalue weighted by molar-refractivity contribution is 5.72. The molecule has 1 heterocycles. The highest BCUT2D eigenvalue weighted by Gasteiger charge is 2.11. The van der Waals surface area contributed by atoms with Crippen LogP contribution in [0.15, 0.2) is 12.5 Å². The van der Waals surface area contributed by atoms with E-state index in [-0.39, 0.29) is 17.9 Å².